The summed E-state index contributed by atoms with van der Waals surface area (Å²) in [5.74, 6) is 0. The number of morpholine rings is 1. The van der Waals surface area contributed by atoms with Crippen LogP contribution >= 0.6 is 0 Å². The van der Waals surface area contributed by atoms with Gasteiger partial charge in [0.05, 0.1) is 23.2 Å². The van der Waals surface area contributed by atoms with E-state index >= 15 is 0 Å². The lowest BCUT2D eigenvalue weighted by molar-refractivity contribution is -0.139. The number of hydrogen-bond donors (Lipinski definition) is 1. The maximum atomic E-state index is 13.0. The van der Waals surface area contributed by atoms with Crippen molar-refractivity contribution < 1.29 is 26.3 Å². The van der Waals surface area contributed by atoms with Crippen molar-refractivity contribution in [2.24, 2.45) is 5.14 Å². The minimum Gasteiger partial charge on any atom is -0.375 e. The SMILES string of the molecule is C[C@@H]1CN(c2ccc(S(N)(=O)=O)c(C(F)(F)F)c2)CCO1. The smallest absolute Gasteiger partial charge is 0.375 e. The molecule has 0 aromatic heterocycles. The Balaban J connectivity index is 2.47. The summed E-state index contributed by atoms with van der Waals surface area (Å²) in [5, 5.41) is 4.84. The van der Waals surface area contributed by atoms with Gasteiger partial charge in [0.2, 0.25) is 10.0 Å². The lowest BCUT2D eigenvalue weighted by atomic mass is 10.1. The van der Waals surface area contributed by atoms with Crippen LogP contribution in [0.25, 0.3) is 0 Å². The zero-order valence-corrected chi connectivity index (χ0v) is 12.0. The molecule has 5 nitrogen and oxygen atoms in total. The molecule has 1 aromatic carbocycles. The highest BCUT2D eigenvalue weighted by Gasteiger charge is 2.37. The Labute approximate surface area is 120 Å². The predicted octanol–water partition coefficient (Wildman–Crippen LogP) is 1.58. The molecular formula is C12H15F3N2O3S. The first kappa shape index (κ1) is 16.1. The Morgan fingerprint density at radius 2 is 2.05 bits per heavy atom. The standard InChI is InChI=1S/C12H15F3N2O3S/c1-8-7-17(4-5-20-8)9-2-3-11(21(16,18)19)10(6-9)12(13,14)15/h2-3,6,8H,4-5,7H2,1H3,(H2,16,18,19)/t8-/m1/s1. The molecule has 118 valence electrons. The summed E-state index contributed by atoms with van der Waals surface area (Å²) in [6.45, 7) is 3.09. The van der Waals surface area contributed by atoms with Gasteiger partial charge in [0.1, 0.15) is 0 Å². The van der Waals surface area contributed by atoms with Crippen molar-refractivity contribution in [1.29, 1.82) is 0 Å². The predicted molar refractivity (Wildman–Crippen MR) is 70.4 cm³/mol. The van der Waals surface area contributed by atoms with Crippen molar-refractivity contribution in [3.63, 3.8) is 0 Å². The van der Waals surface area contributed by atoms with Gasteiger partial charge in [-0.05, 0) is 25.1 Å². The van der Waals surface area contributed by atoms with Crippen LogP contribution in [-0.2, 0) is 20.9 Å². The van der Waals surface area contributed by atoms with E-state index in [9.17, 15) is 21.6 Å². The van der Waals surface area contributed by atoms with E-state index in [1.54, 1.807) is 4.90 Å². The van der Waals surface area contributed by atoms with Crippen molar-refractivity contribution in [2.45, 2.75) is 24.1 Å². The molecule has 2 N–H and O–H groups in total. The summed E-state index contributed by atoms with van der Waals surface area (Å²) < 4.78 is 67.0. The van der Waals surface area contributed by atoms with Crippen LogP contribution in [0.4, 0.5) is 18.9 Å². The summed E-state index contributed by atoms with van der Waals surface area (Å²) in [6, 6.07) is 3.04. The average Bonchev–Trinajstić information content (AvgIpc) is 2.36. The lowest BCUT2D eigenvalue weighted by Crippen LogP contribution is -2.41. The van der Waals surface area contributed by atoms with Crippen LogP contribution in [0.15, 0.2) is 23.1 Å². The number of rotatable bonds is 2. The van der Waals surface area contributed by atoms with Crippen molar-refractivity contribution >= 4 is 15.7 Å². The maximum absolute atomic E-state index is 13.0. The Morgan fingerprint density at radius 1 is 1.38 bits per heavy atom. The normalized spacial score (nSPS) is 20.6. The van der Waals surface area contributed by atoms with Crippen LogP contribution < -0.4 is 10.0 Å². The number of ether oxygens (including phenoxy) is 1. The van der Waals surface area contributed by atoms with Gasteiger partial charge in [-0.2, -0.15) is 13.2 Å². The van der Waals surface area contributed by atoms with Crippen LogP contribution in [0.2, 0.25) is 0 Å². The third-order valence-corrected chi connectivity index (χ3v) is 4.15. The highest BCUT2D eigenvalue weighted by atomic mass is 32.2. The van der Waals surface area contributed by atoms with Crippen LogP contribution in [0, 0.1) is 0 Å². The van der Waals surface area contributed by atoms with Gasteiger partial charge >= 0.3 is 6.18 Å². The van der Waals surface area contributed by atoms with Crippen LogP contribution in [0.1, 0.15) is 12.5 Å². The quantitative estimate of drug-likeness (QED) is 0.896. The number of hydrogen-bond acceptors (Lipinski definition) is 4. The largest absolute Gasteiger partial charge is 0.417 e. The Hall–Kier alpha value is -1.32. The molecule has 1 aliphatic heterocycles. The van der Waals surface area contributed by atoms with Gasteiger partial charge in [-0.25, -0.2) is 13.6 Å². The minimum atomic E-state index is -4.80. The monoisotopic (exact) mass is 324 g/mol. The molecule has 1 aliphatic rings. The second kappa shape index (κ2) is 5.47. The molecule has 2 rings (SSSR count). The van der Waals surface area contributed by atoms with E-state index in [0.29, 0.717) is 25.4 Å². The molecule has 0 amide bonds. The molecule has 21 heavy (non-hydrogen) atoms. The number of nitrogens with two attached hydrogens (primary N) is 1. The third-order valence-electron chi connectivity index (χ3n) is 3.18. The fourth-order valence-corrected chi connectivity index (χ4v) is 2.98. The van der Waals surface area contributed by atoms with E-state index in [2.05, 4.69) is 0 Å². The Morgan fingerprint density at radius 3 is 2.57 bits per heavy atom. The summed E-state index contributed by atoms with van der Waals surface area (Å²) in [5.41, 5.74) is -0.952. The molecule has 9 heteroatoms. The zero-order chi connectivity index (χ0) is 15.8. The van der Waals surface area contributed by atoms with E-state index in [1.165, 1.54) is 6.07 Å². The summed E-state index contributed by atoms with van der Waals surface area (Å²) in [7, 11) is -4.44. The molecule has 0 saturated carbocycles. The number of nitrogens with zero attached hydrogens (tertiary/aromatic N) is 1. The molecule has 1 heterocycles. The molecule has 0 aliphatic carbocycles. The first-order valence-electron chi connectivity index (χ1n) is 6.19. The summed E-state index contributed by atoms with van der Waals surface area (Å²) in [6.07, 6.45) is -4.90. The number of sulfonamides is 1. The van der Waals surface area contributed by atoms with Gasteiger partial charge in [-0.15, -0.1) is 0 Å². The van der Waals surface area contributed by atoms with E-state index in [-0.39, 0.29) is 6.10 Å². The minimum absolute atomic E-state index is 0.106. The highest BCUT2D eigenvalue weighted by Crippen LogP contribution is 2.36. The number of anilines is 1. The van der Waals surface area contributed by atoms with Crippen LogP contribution in [0.3, 0.4) is 0 Å². The molecule has 1 fully saturated rings. The molecule has 0 spiro atoms. The topological polar surface area (TPSA) is 72.6 Å². The highest BCUT2D eigenvalue weighted by molar-refractivity contribution is 7.89. The second-order valence-corrected chi connectivity index (χ2v) is 6.38. The fraction of sp³-hybridized carbons (Fsp3) is 0.500. The molecule has 0 radical (unpaired) electrons. The Kier molecular flexibility index (Phi) is 4.18. The number of alkyl halides is 3. The van der Waals surface area contributed by atoms with Gasteiger partial charge in [-0.1, -0.05) is 0 Å². The molecule has 0 bridgehead atoms. The second-order valence-electron chi connectivity index (χ2n) is 4.85. The van der Waals surface area contributed by atoms with Gasteiger partial charge in [0.25, 0.3) is 0 Å². The first-order valence-corrected chi connectivity index (χ1v) is 7.74. The fourth-order valence-electron chi connectivity index (χ4n) is 2.24. The van der Waals surface area contributed by atoms with Gasteiger partial charge in [-0.3, -0.25) is 0 Å². The van der Waals surface area contributed by atoms with E-state index < -0.39 is 26.7 Å². The molecule has 1 saturated heterocycles. The summed E-state index contributed by atoms with van der Waals surface area (Å²) in [4.78, 5) is 0.802. The van der Waals surface area contributed by atoms with E-state index in [1.807, 2.05) is 6.92 Å². The van der Waals surface area contributed by atoms with Crippen LogP contribution in [0.5, 0.6) is 0 Å². The third kappa shape index (κ3) is 3.66. The molecule has 1 aromatic rings. The average molecular weight is 324 g/mol. The van der Waals surface area contributed by atoms with E-state index in [0.717, 1.165) is 12.1 Å². The summed E-state index contributed by atoms with van der Waals surface area (Å²) >= 11 is 0. The van der Waals surface area contributed by atoms with Gasteiger partial charge < -0.3 is 9.64 Å². The van der Waals surface area contributed by atoms with Gasteiger partial charge in [0, 0.05) is 18.8 Å². The number of primary sulfonamides is 1. The van der Waals surface area contributed by atoms with Gasteiger partial charge in [0.15, 0.2) is 0 Å². The van der Waals surface area contributed by atoms with Crippen molar-refractivity contribution in [2.75, 3.05) is 24.6 Å². The first-order chi connectivity index (χ1) is 9.59. The molecular weight excluding hydrogens is 309 g/mol. The lowest BCUT2D eigenvalue weighted by Gasteiger charge is -2.33. The number of benzene rings is 1. The number of halogens is 3. The van der Waals surface area contributed by atoms with Crippen molar-refractivity contribution in [1.82, 2.24) is 0 Å². The zero-order valence-electron chi connectivity index (χ0n) is 11.2. The van der Waals surface area contributed by atoms with Crippen molar-refractivity contribution in [3.8, 4) is 0 Å². The molecule has 0 unspecified atom stereocenters. The van der Waals surface area contributed by atoms with E-state index in [4.69, 9.17) is 9.88 Å². The molecule has 1 atom stereocenters. The maximum Gasteiger partial charge on any atom is 0.417 e. The Bertz CT molecular complexity index is 631. The van der Waals surface area contributed by atoms with Crippen molar-refractivity contribution in [3.05, 3.63) is 23.8 Å². The van der Waals surface area contributed by atoms with Crippen LogP contribution in [-0.4, -0.2) is 34.2 Å².